The van der Waals surface area contributed by atoms with Crippen LogP contribution in [0.15, 0.2) is 18.2 Å². The molecule has 1 aromatic carbocycles. The molecule has 0 spiro atoms. The topological polar surface area (TPSA) is 29.3 Å². The third kappa shape index (κ3) is 3.08. The van der Waals surface area contributed by atoms with Crippen LogP contribution in [0.3, 0.4) is 0 Å². The lowest BCUT2D eigenvalue weighted by atomic mass is 9.86. The highest BCUT2D eigenvalue weighted by Gasteiger charge is 2.19. The summed E-state index contributed by atoms with van der Waals surface area (Å²) in [4.78, 5) is 2.43. The van der Waals surface area contributed by atoms with E-state index in [4.69, 9.17) is 5.73 Å². The Morgan fingerprint density at radius 2 is 2.00 bits per heavy atom. The van der Waals surface area contributed by atoms with Crippen molar-refractivity contribution in [2.45, 2.75) is 32.1 Å². The molecule has 2 rings (SSSR count). The van der Waals surface area contributed by atoms with Crippen LogP contribution in [-0.4, -0.2) is 31.6 Å². The van der Waals surface area contributed by atoms with E-state index in [0.717, 1.165) is 18.9 Å². The molecule has 0 radical (unpaired) electrons. The van der Waals surface area contributed by atoms with Crippen LogP contribution in [0.5, 0.6) is 0 Å². The van der Waals surface area contributed by atoms with Gasteiger partial charge in [-0.1, -0.05) is 18.2 Å². The van der Waals surface area contributed by atoms with Crippen LogP contribution in [0.25, 0.3) is 0 Å². The Labute approximate surface area is 105 Å². The van der Waals surface area contributed by atoms with Crippen molar-refractivity contribution >= 4 is 0 Å². The summed E-state index contributed by atoms with van der Waals surface area (Å²) in [6.07, 6.45) is 3.59. The molecule has 1 heterocycles. The van der Waals surface area contributed by atoms with Crippen molar-refractivity contribution in [1.29, 1.82) is 0 Å². The Hall–Kier alpha value is -0.860. The van der Waals surface area contributed by atoms with E-state index < -0.39 is 0 Å². The zero-order valence-electron chi connectivity index (χ0n) is 11.1. The molecule has 0 unspecified atom stereocenters. The van der Waals surface area contributed by atoms with Gasteiger partial charge in [-0.15, -0.1) is 0 Å². The summed E-state index contributed by atoms with van der Waals surface area (Å²) >= 11 is 0. The Bertz CT molecular complexity index is 365. The molecule has 2 nitrogen and oxygen atoms in total. The molecule has 0 saturated carbocycles. The molecule has 1 aliphatic heterocycles. The molecular weight excluding hydrogens is 208 g/mol. The SMILES string of the molecule is Cc1cc(CCN)ccc1C1CCN(C)CC1. The lowest BCUT2D eigenvalue weighted by molar-refractivity contribution is 0.255. The summed E-state index contributed by atoms with van der Waals surface area (Å²) in [6.45, 7) is 5.45. The molecule has 94 valence electrons. The molecule has 0 bridgehead atoms. The van der Waals surface area contributed by atoms with Gasteiger partial charge in [0.05, 0.1) is 0 Å². The van der Waals surface area contributed by atoms with Crippen molar-refractivity contribution in [2.24, 2.45) is 5.73 Å². The lowest BCUT2D eigenvalue weighted by Crippen LogP contribution is -2.29. The Balaban J connectivity index is 2.10. The van der Waals surface area contributed by atoms with Gasteiger partial charge < -0.3 is 10.6 Å². The highest BCUT2D eigenvalue weighted by Crippen LogP contribution is 2.30. The molecule has 1 aromatic rings. The zero-order valence-corrected chi connectivity index (χ0v) is 11.1. The monoisotopic (exact) mass is 232 g/mol. The van der Waals surface area contributed by atoms with Crippen LogP contribution in [0.2, 0.25) is 0 Å². The van der Waals surface area contributed by atoms with Crippen LogP contribution in [0.4, 0.5) is 0 Å². The third-order valence-corrected chi connectivity index (χ3v) is 3.93. The van der Waals surface area contributed by atoms with E-state index in [1.807, 2.05) is 0 Å². The second-order valence-electron chi connectivity index (χ2n) is 5.31. The fourth-order valence-electron chi connectivity index (χ4n) is 2.84. The first kappa shape index (κ1) is 12.6. The van der Waals surface area contributed by atoms with E-state index in [-0.39, 0.29) is 0 Å². The predicted molar refractivity (Wildman–Crippen MR) is 73.4 cm³/mol. The van der Waals surface area contributed by atoms with Gasteiger partial charge in [0.25, 0.3) is 0 Å². The summed E-state index contributed by atoms with van der Waals surface area (Å²) in [5.74, 6) is 0.762. The Morgan fingerprint density at radius 1 is 1.29 bits per heavy atom. The van der Waals surface area contributed by atoms with Crippen molar-refractivity contribution in [2.75, 3.05) is 26.7 Å². The van der Waals surface area contributed by atoms with E-state index >= 15 is 0 Å². The Kier molecular flexibility index (Phi) is 4.19. The third-order valence-electron chi connectivity index (χ3n) is 3.93. The normalized spacial score (nSPS) is 18.5. The number of nitrogens with two attached hydrogens (primary N) is 1. The number of hydrogen-bond donors (Lipinski definition) is 1. The summed E-state index contributed by atoms with van der Waals surface area (Å²) < 4.78 is 0. The molecule has 0 aliphatic carbocycles. The van der Waals surface area contributed by atoms with Crippen LogP contribution < -0.4 is 5.73 Å². The van der Waals surface area contributed by atoms with Gasteiger partial charge in [-0.2, -0.15) is 0 Å². The van der Waals surface area contributed by atoms with Gasteiger partial charge in [-0.3, -0.25) is 0 Å². The first-order valence-electron chi connectivity index (χ1n) is 6.68. The van der Waals surface area contributed by atoms with Gasteiger partial charge in [0, 0.05) is 0 Å². The Morgan fingerprint density at radius 3 is 2.59 bits per heavy atom. The van der Waals surface area contributed by atoms with Gasteiger partial charge >= 0.3 is 0 Å². The largest absolute Gasteiger partial charge is 0.330 e. The fraction of sp³-hybridized carbons (Fsp3) is 0.600. The average molecular weight is 232 g/mol. The van der Waals surface area contributed by atoms with Crippen molar-refractivity contribution in [1.82, 2.24) is 4.90 Å². The van der Waals surface area contributed by atoms with E-state index in [0.29, 0.717) is 0 Å². The quantitative estimate of drug-likeness (QED) is 0.866. The van der Waals surface area contributed by atoms with E-state index in [1.54, 1.807) is 5.56 Å². The lowest BCUT2D eigenvalue weighted by Gasteiger charge is -2.30. The smallest absolute Gasteiger partial charge is 0.00159 e. The van der Waals surface area contributed by atoms with Crippen LogP contribution in [-0.2, 0) is 6.42 Å². The molecule has 2 N–H and O–H groups in total. The van der Waals surface area contributed by atoms with Gasteiger partial charge in [0.15, 0.2) is 0 Å². The predicted octanol–water partition coefficient (Wildman–Crippen LogP) is 2.31. The fourth-order valence-corrected chi connectivity index (χ4v) is 2.84. The molecule has 2 heteroatoms. The molecule has 17 heavy (non-hydrogen) atoms. The van der Waals surface area contributed by atoms with Gasteiger partial charge in [-0.05, 0) is 75.5 Å². The van der Waals surface area contributed by atoms with E-state index in [1.165, 1.54) is 37.1 Å². The molecule has 0 aromatic heterocycles. The van der Waals surface area contributed by atoms with Crippen LogP contribution in [0.1, 0.15) is 35.4 Å². The molecular formula is C15H24N2. The number of nitrogens with zero attached hydrogens (tertiary/aromatic N) is 1. The first-order valence-corrected chi connectivity index (χ1v) is 6.68. The maximum atomic E-state index is 5.60. The minimum atomic E-state index is 0.743. The molecule has 0 amide bonds. The van der Waals surface area contributed by atoms with Crippen molar-refractivity contribution in [3.63, 3.8) is 0 Å². The minimum absolute atomic E-state index is 0.743. The number of hydrogen-bond acceptors (Lipinski definition) is 2. The van der Waals surface area contributed by atoms with Crippen LogP contribution in [0, 0.1) is 6.92 Å². The number of piperidine rings is 1. The highest BCUT2D eigenvalue weighted by molar-refractivity contribution is 5.34. The summed E-state index contributed by atoms with van der Waals surface area (Å²) in [5.41, 5.74) is 9.98. The second kappa shape index (κ2) is 5.65. The molecule has 1 saturated heterocycles. The first-order chi connectivity index (χ1) is 8.20. The van der Waals surface area contributed by atoms with Crippen molar-refractivity contribution < 1.29 is 0 Å². The number of likely N-dealkylation sites (tertiary alicyclic amines) is 1. The molecule has 1 aliphatic rings. The van der Waals surface area contributed by atoms with E-state index in [2.05, 4.69) is 37.1 Å². The summed E-state index contributed by atoms with van der Waals surface area (Å²) in [6, 6.07) is 6.91. The van der Waals surface area contributed by atoms with Crippen LogP contribution >= 0.6 is 0 Å². The van der Waals surface area contributed by atoms with Gasteiger partial charge in [0.1, 0.15) is 0 Å². The minimum Gasteiger partial charge on any atom is -0.330 e. The summed E-state index contributed by atoms with van der Waals surface area (Å²) in [5, 5.41) is 0. The maximum absolute atomic E-state index is 5.60. The number of benzene rings is 1. The molecule has 1 fully saturated rings. The molecule has 0 atom stereocenters. The van der Waals surface area contributed by atoms with Crippen molar-refractivity contribution in [3.05, 3.63) is 34.9 Å². The number of rotatable bonds is 3. The van der Waals surface area contributed by atoms with Crippen molar-refractivity contribution in [3.8, 4) is 0 Å². The second-order valence-corrected chi connectivity index (χ2v) is 5.31. The average Bonchev–Trinajstić information content (AvgIpc) is 2.31. The number of aryl methyl sites for hydroxylation is 1. The van der Waals surface area contributed by atoms with Gasteiger partial charge in [-0.25, -0.2) is 0 Å². The summed E-state index contributed by atoms with van der Waals surface area (Å²) in [7, 11) is 2.22. The van der Waals surface area contributed by atoms with E-state index in [9.17, 15) is 0 Å². The standard InChI is InChI=1S/C15H24N2/c1-12-11-13(5-8-16)3-4-15(12)14-6-9-17(2)10-7-14/h3-4,11,14H,5-10,16H2,1-2H3. The van der Waals surface area contributed by atoms with Gasteiger partial charge in [0.2, 0.25) is 0 Å². The zero-order chi connectivity index (χ0) is 12.3. The maximum Gasteiger partial charge on any atom is -0.00159 e. The highest BCUT2D eigenvalue weighted by atomic mass is 15.1.